The van der Waals surface area contributed by atoms with E-state index in [0.29, 0.717) is 24.1 Å². The first-order valence-corrected chi connectivity index (χ1v) is 13.2. The number of oxazole rings is 1. The first kappa shape index (κ1) is 22.9. The van der Waals surface area contributed by atoms with Crippen LogP contribution in [0.25, 0.3) is 17.0 Å². The third-order valence-corrected chi connectivity index (χ3v) is 7.49. The van der Waals surface area contributed by atoms with Gasteiger partial charge in [0, 0.05) is 54.9 Å². The van der Waals surface area contributed by atoms with Crippen molar-refractivity contribution in [2.24, 2.45) is 0 Å². The van der Waals surface area contributed by atoms with Crippen molar-refractivity contribution in [1.82, 2.24) is 20.1 Å². The van der Waals surface area contributed by atoms with Crippen LogP contribution in [0.3, 0.4) is 0 Å². The summed E-state index contributed by atoms with van der Waals surface area (Å²) in [5.41, 5.74) is 3.42. The van der Waals surface area contributed by atoms with Gasteiger partial charge in [-0.05, 0) is 56.0 Å². The number of hydrogen-bond donors (Lipinski definition) is 2. The van der Waals surface area contributed by atoms with Crippen molar-refractivity contribution >= 4 is 11.7 Å². The lowest BCUT2D eigenvalue weighted by Crippen LogP contribution is -2.54. The van der Waals surface area contributed by atoms with Crippen molar-refractivity contribution in [2.75, 3.05) is 23.3 Å². The third kappa shape index (κ3) is 5.16. The van der Waals surface area contributed by atoms with Crippen LogP contribution in [0.1, 0.15) is 38.5 Å². The summed E-state index contributed by atoms with van der Waals surface area (Å²) in [6.45, 7) is 2.13. The Kier molecular flexibility index (Phi) is 6.72. The molecule has 2 aromatic heterocycles. The summed E-state index contributed by atoms with van der Waals surface area (Å²) in [7, 11) is 0. The molecule has 1 aliphatic carbocycles. The van der Waals surface area contributed by atoms with Crippen molar-refractivity contribution in [2.45, 2.75) is 56.7 Å². The van der Waals surface area contributed by atoms with Crippen LogP contribution in [0.5, 0.6) is 0 Å². The van der Waals surface area contributed by atoms with Crippen molar-refractivity contribution < 1.29 is 4.42 Å². The molecule has 1 saturated heterocycles. The number of piperidine rings is 1. The number of aromatic nitrogens is 3. The highest BCUT2D eigenvalue weighted by Gasteiger charge is 2.30. The Morgan fingerprint density at radius 3 is 2.44 bits per heavy atom. The van der Waals surface area contributed by atoms with E-state index in [1.54, 1.807) is 0 Å². The Balaban J connectivity index is 1.08. The van der Waals surface area contributed by atoms with E-state index in [1.807, 2.05) is 47.5 Å². The number of nitrogens with zero attached hydrogens (tertiary/aromatic N) is 4. The van der Waals surface area contributed by atoms with Crippen LogP contribution in [-0.4, -0.2) is 46.0 Å². The molecule has 3 atom stereocenters. The Morgan fingerprint density at radius 1 is 0.833 bits per heavy atom. The first-order valence-electron chi connectivity index (χ1n) is 13.2. The van der Waals surface area contributed by atoms with Gasteiger partial charge in [0.2, 0.25) is 0 Å². The lowest BCUT2D eigenvalue weighted by atomic mass is 9.89. The van der Waals surface area contributed by atoms with Crippen LogP contribution < -0.4 is 15.5 Å². The van der Waals surface area contributed by atoms with E-state index in [9.17, 15) is 0 Å². The molecule has 36 heavy (non-hydrogen) atoms. The third-order valence-electron chi connectivity index (χ3n) is 7.49. The van der Waals surface area contributed by atoms with Gasteiger partial charge in [-0.2, -0.15) is 5.10 Å². The number of nitrogens with one attached hydrogen (secondary N) is 2. The molecule has 186 valence electrons. The zero-order valence-electron chi connectivity index (χ0n) is 20.6. The standard InChI is InChI=1S/C29H34N6O/c1-2-8-22(9-3-1)28-20-30-29(36-28)33-27-12-5-4-11-26(27)32-23-10-6-18-34(21-23)24-13-15-25(16-14-24)35-19-7-17-31-35/h1-3,7-9,13-17,19-20,23,26-27,32H,4-6,10-12,18,21H2,(H,30,33)/t23-,26+,27+/m0/s1. The fourth-order valence-electron chi connectivity index (χ4n) is 5.63. The lowest BCUT2D eigenvalue weighted by molar-refractivity contribution is 0.290. The second kappa shape index (κ2) is 10.6. The summed E-state index contributed by atoms with van der Waals surface area (Å²) in [5, 5.41) is 12.0. The maximum Gasteiger partial charge on any atom is 0.295 e. The largest absolute Gasteiger partial charge is 0.424 e. The van der Waals surface area contributed by atoms with Crippen molar-refractivity contribution in [3.8, 4) is 17.0 Å². The van der Waals surface area contributed by atoms with Gasteiger partial charge in [-0.15, -0.1) is 0 Å². The summed E-state index contributed by atoms with van der Waals surface area (Å²) < 4.78 is 7.96. The SMILES string of the molecule is c1ccc(-c2cnc(N[C@@H]3CCCC[C@H]3N[C@H]3CCCN(c4ccc(-n5cccn5)cc4)C3)o2)cc1. The van der Waals surface area contributed by atoms with Crippen LogP contribution in [0.4, 0.5) is 11.7 Å². The molecule has 6 rings (SSSR count). The van der Waals surface area contributed by atoms with Crippen molar-refractivity contribution in [1.29, 1.82) is 0 Å². The molecule has 7 heteroatoms. The zero-order valence-corrected chi connectivity index (χ0v) is 20.6. The van der Waals surface area contributed by atoms with E-state index in [1.165, 1.54) is 37.8 Å². The summed E-state index contributed by atoms with van der Waals surface area (Å²) in [4.78, 5) is 7.04. The Hall–Kier alpha value is -3.58. The van der Waals surface area contributed by atoms with E-state index < -0.39 is 0 Å². The molecule has 0 bridgehead atoms. The van der Waals surface area contributed by atoms with Crippen molar-refractivity contribution in [3.63, 3.8) is 0 Å². The molecule has 4 aromatic rings. The molecule has 2 N–H and O–H groups in total. The number of hydrogen-bond acceptors (Lipinski definition) is 6. The molecule has 0 radical (unpaired) electrons. The summed E-state index contributed by atoms with van der Waals surface area (Å²) in [6.07, 6.45) is 12.8. The fraction of sp³-hybridized carbons (Fsp3) is 0.379. The van der Waals surface area contributed by atoms with Crippen LogP contribution in [-0.2, 0) is 0 Å². The second-order valence-corrected chi connectivity index (χ2v) is 9.96. The van der Waals surface area contributed by atoms with Gasteiger partial charge in [0.15, 0.2) is 5.76 Å². The van der Waals surface area contributed by atoms with Gasteiger partial charge in [0.05, 0.1) is 11.9 Å². The minimum atomic E-state index is 0.324. The maximum atomic E-state index is 6.06. The van der Waals surface area contributed by atoms with Gasteiger partial charge in [-0.1, -0.05) is 43.2 Å². The predicted molar refractivity (Wildman–Crippen MR) is 144 cm³/mol. The normalized spacial score (nSPS) is 22.4. The monoisotopic (exact) mass is 482 g/mol. The van der Waals surface area contributed by atoms with Gasteiger partial charge < -0.3 is 20.0 Å². The Bertz CT molecular complexity index is 1220. The number of benzene rings is 2. The number of anilines is 2. The molecule has 0 spiro atoms. The molecular weight excluding hydrogens is 448 g/mol. The maximum absolute atomic E-state index is 6.06. The average molecular weight is 483 g/mol. The van der Waals surface area contributed by atoms with E-state index in [4.69, 9.17) is 4.42 Å². The van der Waals surface area contributed by atoms with Crippen LogP contribution in [0.2, 0.25) is 0 Å². The predicted octanol–water partition coefficient (Wildman–Crippen LogP) is 5.51. The molecule has 2 aliphatic rings. The van der Waals surface area contributed by atoms with Gasteiger partial charge in [-0.3, -0.25) is 0 Å². The highest BCUT2D eigenvalue weighted by molar-refractivity contribution is 5.57. The van der Waals surface area contributed by atoms with Gasteiger partial charge in [-0.25, -0.2) is 9.67 Å². The molecule has 0 amide bonds. The topological polar surface area (TPSA) is 71.2 Å². The smallest absolute Gasteiger partial charge is 0.295 e. The molecule has 1 aliphatic heterocycles. The van der Waals surface area contributed by atoms with Crippen molar-refractivity contribution in [3.05, 3.63) is 79.3 Å². The van der Waals surface area contributed by atoms with Crippen LogP contribution >= 0.6 is 0 Å². The van der Waals surface area contributed by atoms with Crippen LogP contribution in [0, 0.1) is 0 Å². The lowest BCUT2D eigenvalue weighted by Gasteiger charge is -2.40. The Labute approximate surface area is 212 Å². The number of rotatable bonds is 7. The highest BCUT2D eigenvalue weighted by atomic mass is 16.4. The van der Waals surface area contributed by atoms with Crippen LogP contribution in [0.15, 0.2) is 83.7 Å². The van der Waals surface area contributed by atoms with Gasteiger partial charge in [0.25, 0.3) is 6.01 Å². The molecular formula is C29H34N6O. The minimum absolute atomic E-state index is 0.324. The van der Waals surface area contributed by atoms with Gasteiger partial charge in [0.1, 0.15) is 0 Å². The van der Waals surface area contributed by atoms with Gasteiger partial charge >= 0.3 is 0 Å². The minimum Gasteiger partial charge on any atom is -0.424 e. The average Bonchev–Trinajstić information content (AvgIpc) is 3.64. The van der Waals surface area contributed by atoms with E-state index in [0.717, 1.165) is 36.5 Å². The molecule has 2 aromatic carbocycles. The Morgan fingerprint density at radius 2 is 1.64 bits per heavy atom. The molecule has 2 fully saturated rings. The second-order valence-electron chi connectivity index (χ2n) is 9.96. The van der Waals surface area contributed by atoms with E-state index in [-0.39, 0.29) is 0 Å². The summed E-state index contributed by atoms with van der Waals surface area (Å²) >= 11 is 0. The summed E-state index contributed by atoms with van der Waals surface area (Å²) in [5.74, 6) is 0.805. The van der Waals surface area contributed by atoms with E-state index >= 15 is 0 Å². The quantitative estimate of drug-likeness (QED) is 0.362. The molecule has 0 unspecified atom stereocenters. The highest BCUT2D eigenvalue weighted by Crippen LogP contribution is 2.27. The van der Waals surface area contributed by atoms with E-state index in [2.05, 4.69) is 62.0 Å². The zero-order chi connectivity index (χ0) is 24.2. The molecule has 3 heterocycles. The first-order chi connectivity index (χ1) is 17.8. The summed E-state index contributed by atoms with van der Waals surface area (Å²) in [6, 6.07) is 22.7. The molecule has 7 nitrogen and oxygen atoms in total. The molecule has 1 saturated carbocycles. The fourth-order valence-corrected chi connectivity index (χ4v) is 5.63.